The van der Waals surface area contributed by atoms with Gasteiger partial charge in [-0.1, -0.05) is 0 Å². The van der Waals surface area contributed by atoms with Gasteiger partial charge >= 0.3 is 178 Å². The van der Waals surface area contributed by atoms with Crippen molar-refractivity contribution >= 4 is 23.6 Å². The number of fused-ring (bicyclic) bond motifs is 2. The first-order valence-electron chi connectivity index (χ1n) is 10.2. The molecular weight excluding hydrogens is 503 g/mol. The van der Waals surface area contributed by atoms with Gasteiger partial charge in [0.15, 0.2) is 0 Å². The van der Waals surface area contributed by atoms with Gasteiger partial charge in [-0.15, -0.1) is 0 Å². The second-order valence-corrected chi connectivity index (χ2v) is 27.9. The van der Waals surface area contributed by atoms with E-state index in [-0.39, 0.29) is 24.8 Å². The molecule has 30 heavy (non-hydrogen) atoms. The van der Waals surface area contributed by atoms with Crippen LogP contribution >= 0.6 is 0 Å². The van der Waals surface area contributed by atoms with Crippen LogP contribution in [0.15, 0.2) is 82.1 Å². The van der Waals surface area contributed by atoms with Gasteiger partial charge in [0.05, 0.1) is 0 Å². The zero-order valence-corrected chi connectivity index (χ0v) is 22.4. The zero-order chi connectivity index (χ0) is 19.1. The normalized spacial score (nSPS) is 16.0. The number of rotatable bonds is 4. The number of benzene rings is 3. The van der Waals surface area contributed by atoms with Crippen molar-refractivity contribution < 1.29 is 45.7 Å². The van der Waals surface area contributed by atoms with Crippen LogP contribution in [0.3, 0.4) is 0 Å². The van der Waals surface area contributed by atoms with Gasteiger partial charge < -0.3 is 24.8 Å². The molecule has 0 bridgehead atoms. The standard InChI is InChI=1S/C15H11.C9H7.C2H7Si.2ClH.Zr/c1-2-6-12(7-3-1)15-10-13-8-4-5-9-14(13)11-15;1-2-5-9-7-3-6-8(9)4-1;1-3-2;;;/h1-11H;1-2,4-6H,7H2;3H,1-2H3;2*1H;/q;;;;;+2/p-2. The molecular formula is C26H25Cl2SiZr. The summed E-state index contributed by atoms with van der Waals surface area (Å²) in [6.45, 7) is 5.23. The first-order valence-corrected chi connectivity index (χ1v) is 20.0. The molecule has 2 aliphatic carbocycles. The molecule has 1 atom stereocenters. The number of hydrogen-bond donors (Lipinski definition) is 0. The Bertz CT molecular complexity index is 1090. The summed E-state index contributed by atoms with van der Waals surface area (Å²) in [5.41, 5.74) is 9.09. The second kappa shape index (κ2) is 9.96. The second-order valence-electron chi connectivity index (χ2n) is 8.18. The average Bonchev–Trinajstić information content (AvgIpc) is 3.31. The van der Waals surface area contributed by atoms with Crippen molar-refractivity contribution in [1.82, 2.24) is 0 Å². The zero-order valence-electron chi connectivity index (χ0n) is 17.3. The fourth-order valence-corrected chi connectivity index (χ4v) is 25.5. The maximum Gasteiger partial charge on any atom is -1.00 e. The van der Waals surface area contributed by atoms with Crippen molar-refractivity contribution in [3.63, 3.8) is 0 Å². The summed E-state index contributed by atoms with van der Waals surface area (Å²) in [5.74, 6) is -0.756. The van der Waals surface area contributed by atoms with Crippen LogP contribution in [0.2, 0.25) is 13.1 Å². The molecule has 0 spiro atoms. The molecule has 0 N–H and O–H groups in total. The third kappa shape index (κ3) is 4.26. The first kappa shape index (κ1) is 23.5. The number of hydrogen-bond acceptors (Lipinski definition) is 0. The van der Waals surface area contributed by atoms with Gasteiger partial charge in [0.25, 0.3) is 0 Å². The van der Waals surface area contributed by atoms with E-state index in [0.29, 0.717) is 3.63 Å². The maximum atomic E-state index is 2.61. The van der Waals surface area contributed by atoms with E-state index in [9.17, 15) is 0 Å². The topological polar surface area (TPSA) is 0 Å². The van der Waals surface area contributed by atoms with Crippen LogP contribution in [0.1, 0.15) is 31.4 Å². The quantitative estimate of drug-likeness (QED) is 0.434. The van der Waals surface area contributed by atoms with E-state index in [1.807, 2.05) is 3.28 Å². The molecule has 4 heteroatoms. The van der Waals surface area contributed by atoms with Crippen molar-refractivity contribution in [2.24, 2.45) is 0 Å². The van der Waals surface area contributed by atoms with Crippen molar-refractivity contribution in [3.8, 4) is 0 Å². The Labute approximate surface area is 201 Å². The van der Waals surface area contributed by atoms with Crippen molar-refractivity contribution in [2.45, 2.75) is 23.1 Å². The van der Waals surface area contributed by atoms with Crippen molar-refractivity contribution in [3.05, 3.63) is 110 Å². The van der Waals surface area contributed by atoms with Gasteiger partial charge in [-0.2, -0.15) is 0 Å². The third-order valence-electron chi connectivity index (χ3n) is 6.11. The summed E-state index contributed by atoms with van der Waals surface area (Å²) in [6, 6.07) is 29.3. The Kier molecular flexibility index (Phi) is 7.80. The van der Waals surface area contributed by atoms with E-state index in [0.717, 1.165) is 0 Å². The molecule has 5 rings (SSSR count). The van der Waals surface area contributed by atoms with Crippen LogP contribution in [-0.2, 0) is 27.3 Å². The van der Waals surface area contributed by atoms with Crippen LogP contribution in [-0.4, -0.2) is 5.92 Å². The SMILES string of the molecule is C[SiH](C)[Zr+2]([C]1=Cc2ccccc2C1)[CH]1C(c2ccccc2)=Cc2ccccc21.[Cl-].[Cl-]. The van der Waals surface area contributed by atoms with Gasteiger partial charge in [0.2, 0.25) is 0 Å². The number of allylic oxidation sites excluding steroid dienone is 2. The van der Waals surface area contributed by atoms with Gasteiger partial charge in [-0.25, -0.2) is 0 Å². The average molecular weight is 528 g/mol. The van der Waals surface area contributed by atoms with Crippen LogP contribution in [0.4, 0.5) is 0 Å². The van der Waals surface area contributed by atoms with E-state index in [1.165, 1.54) is 23.1 Å². The van der Waals surface area contributed by atoms with E-state index in [2.05, 4.69) is 104 Å². The molecule has 0 heterocycles. The molecule has 0 amide bonds. The molecule has 0 nitrogen and oxygen atoms in total. The molecule has 0 aliphatic heterocycles. The smallest absolute Gasteiger partial charge is 1.00 e. The summed E-state index contributed by atoms with van der Waals surface area (Å²) >= 11 is -1.87. The van der Waals surface area contributed by atoms with E-state index < -0.39 is 26.8 Å². The Balaban J connectivity index is 0.00000128. The molecule has 0 fully saturated rings. The van der Waals surface area contributed by atoms with Crippen molar-refractivity contribution in [1.29, 1.82) is 0 Å². The molecule has 1 unspecified atom stereocenters. The molecule has 3 aromatic rings. The summed E-state index contributed by atoms with van der Waals surface area (Å²) in [4.78, 5) is 0. The molecule has 0 saturated carbocycles. The fourth-order valence-electron chi connectivity index (χ4n) is 4.89. The van der Waals surface area contributed by atoms with Gasteiger partial charge in [-0.05, 0) is 0 Å². The summed E-state index contributed by atoms with van der Waals surface area (Å²) < 4.78 is 2.52. The predicted octanol–water partition coefficient (Wildman–Crippen LogP) is 0.489. The third-order valence-corrected chi connectivity index (χ3v) is 26.4. The molecule has 0 saturated heterocycles. The largest absolute Gasteiger partial charge is 1.00 e. The van der Waals surface area contributed by atoms with E-state index >= 15 is 0 Å². The molecule has 151 valence electrons. The first-order chi connectivity index (χ1) is 13.7. The number of halogens is 2. The van der Waals surface area contributed by atoms with Crippen molar-refractivity contribution in [2.75, 3.05) is 0 Å². The molecule has 0 radical (unpaired) electrons. The Morgan fingerprint density at radius 3 is 2.07 bits per heavy atom. The van der Waals surface area contributed by atoms with Gasteiger partial charge in [0, 0.05) is 0 Å². The van der Waals surface area contributed by atoms with Gasteiger partial charge in [0.1, 0.15) is 0 Å². The molecule has 3 aromatic carbocycles. The minimum absolute atomic E-state index is 0. The minimum atomic E-state index is -1.87. The Morgan fingerprint density at radius 2 is 1.37 bits per heavy atom. The van der Waals surface area contributed by atoms with Crippen LogP contribution in [0, 0.1) is 0 Å². The van der Waals surface area contributed by atoms with Crippen LogP contribution in [0.25, 0.3) is 17.7 Å². The van der Waals surface area contributed by atoms with Gasteiger partial charge in [-0.3, -0.25) is 0 Å². The monoisotopic (exact) mass is 525 g/mol. The molecule has 2 aliphatic rings. The summed E-state index contributed by atoms with van der Waals surface area (Å²) in [6.07, 6.45) is 6.28. The van der Waals surface area contributed by atoms with Crippen LogP contribution in [0.5, 0.6) is 0 Å². The minimum Gasteiger partial charge on any atom is -1.00 e. The Morgan fingerprint density at radius 1 is 0.733 bits per heavy atom. The Hall–Kier alpha value is -1.18. The van der Waals surface area contributed by atoms with E-state index in [4.69, 9.17) is 0 Å². The predicted molar refractivity (Wildman–Crippen MR) is 120 cm³/mol. The molecule has 0 aromatic heterocycles. The van der Waals surface area contributed by atoms with Crippen LogP contribution < -0.4 is 24.8 Å². The maximum absolute atomic E-state index is 2.61. The van der Waals surface area contributed by atoms with E-state index in [1.54, 1.807) is 16.7 Å². The summed E-state index contributed by atoms with van der Waals surface area (Å²) in [7, 11) is 0. The summed E-state index contributed by atoms with van der Waals surface area (Å²) in [5, 5.41) is 0. The fraction of sp³-hybridized carbons (Fsp3) is 0.154.